The molecule has 1 aromatic carbocycles. The normalized spacial score (nSPS) is 9.46. The van der Waals surface area contributed by atoms with Crippen molar-refractivity contribution >= 4 is 28.5 Å². The molecule has 0 unspecified atom stereocenters. The van der Waals surface area contributed by atoms with Crippen molar-refractivity contribution in [3.8, 4) is 5.75 Å². The van der Waals surface area contributed by atoms with E-state index in [1.807, 2.05) is 6.07 Å². The number of benzene rings is 1. The minimum absolute atomic E-state index is 0.129. The minimum Gasteiger partial charge on any atom is -0.496 e. The Morgan fingerprint density at radius 3 is 2.77 bits per heavy atom. The van der Waals surface area contributed by atoms with E-state index in [9.17, 15) is 4.79 Å². The Kier molecular flexibility index (Phi) is 3.53. The lowest BCUT2D eigenvalue weighted by molar-refractivity contribution is 0.0960. The van der Waals surface area contributed by atoms with Crippen molar-refractivity contribution in [1.29, 1.82) is 0 Å². The van der Waals surface area contributed by atoms with Crippen molar-refractivity contribution in [2.45, 2.75) is 0 Å². The smallest absolute Gasteiger partial charge is 0.254 e. The second kappa shape index (κ2) is 4.45. The molecule has 13 heavy (non-hydrogen) atoms. The summed E-state index contributed by atoms with van der Waals surface area (Å²) >= 11 is 2.15. The third-order valence-corrected chi connectivity index (χ3v) is 2.30. The van der Waals surface area contributed by atoms with Crippen LogP contribution in [-0.4, -0.2) is 20.1 Å². The van der Waals surface area contributed by atoms with E-state index in [0.717, 1.165) is 3.57 Å². The molecule has 0 spiro atoms. The second-order valence-corrected chi connectivity index (χ2v) is 3.67. The van der Waals surface area contributed by atoms with Gasteiger partial charge < -0.3 is 10.1 Å². The third kappa shape index (κ3) is 2.33. The summed E-state index contributed by atoms with van der Waals surface area (Å²) in [6, 6.07) is 5.47. The SMILES string of the molecule is CNC(=O)c1cc(I)ccc1OC. The van der Waals surface area contributed by atoms with Gasteiger partial charge in [-0.15, -0.1) is 0 Å². The van der Waals surface area contributed by atoms with Crippen LogP contribution in [0.25, 0.3) is 0 Å². The molecule has 0 aliphatic heterocycles. The summed E-state index contributed by atoms with van der Waals surface area (Å²) < 4.78 is 6.07. The number of carbonyl (C=O) groups excluding carboxylic acids is 1. The molecule has 0 saturated heterocycles. The number of methoxy groups -OCH3 is 1. The lowest BCUT2D eigenvalue weighted by Crippen LogP contribution is -2.18. The number of ether oxygens (including phenoxy) is 1. The number of halogens is 1. The molecule has 0 bridgehead atoms. The van der Waals surface area contributed by atoms with Crippen LogP contribution in [0.1, 0.15) is 10.4 Å². The summed E-state index contributed by atoms with van der Waals surface area (Å²) in [6.45, 7) is 0. The van der Waals surface area contributed by atoms with Crippen LogP contribution in [0.3, 0.4) is 0 Å². The first-order valence-electron chi connectivity index (χ1n) is 3.74. The van der Waals surface area contributed by atoms with E-state index in [2.05, 4.69) is 27.9 Å². The molecule has 0 heterocycles. The Morgan fingerprint density at radius 1 is 1.54 bits per heavy atom. The van der Waals surface area contributed by atoms with Crippen LogP contribution in [0, 0.1) is 3.57 Å². The van der Waals surface area contributed by atoms with E-state index in [1.165, 1.54) is 0 Å². The van der Waals surface area contributed by atoms with Gasteiger partial charge in [-0.25, -0.2) is 0 Å². The van der Waals surface area contributed by atoms with Gasteiger partial charge in [0, 0.05) is 10.6 Å². The first kappa shape index (κ1) is 10.3. The fourth-order valence-corrected chi connectivity index (χ4v) is 1.48. The van der Waals surface area contributed by atoms with Gasteiger partial charge in [0.15, 0.2) is 0 Å². The van der Waals surface area contributed by atoms with Crippen LogP contribution in [0.2, 0.25) is 0 Å². The maximum atomic E-state index is 11.4. The van der Waals surface area contributed by atoms with Crippen LogP contribution < -0.4 is 10.1 Å². The van der Waals surface area contributed by atoms with Crippen molar-refractivity contribution in [1.82, 2.24) is 5.32 Å². The van der Waals surface area contributed by atoms with E-state index in [1.54, 1.807) is 26.3 Å². The molecule has 1 N–H and O–H groups in total. The van der Waals surface area contributed by atoms with E-state index < -0.39 is 0 Å². The zero-order chi connectivity index (χ0) is 9.84. The summed E-state index contributed by atoms with van der Waals surface area (Å²) in [7, 11) is 3.15. The molecule has 0 atom stereocenters. The van der Waals surface area contributed by atoms with Gasteiger partial charge in [-0.1, -0.05) is 0 Å². The molecular formula is C9H10INO2. The number of carbonyl (C=O) groups is 1. The number of nitrogens with one attached hydrogen (secondary N) is 1. The van der Waals surface area contributed by atoms with Gasteiger partial charge in [-0.05, 0) is 40.8 Å². The quantitative estimate of drug-likeness (QED) is 0.842. The summed E-state index contributed by atoms with van der Waals surface area (Å²) in [5.41, 5.74) is 0.567. The molecule has 0 radical (unpaired) electrons. The van der Waals surface area contributed by atoms with Crippen LogP contribution in [-0.2, 0) is 0 Å². The van der Waals surface area contributed by atoms with Gasteiger partial charge in [0.05, 0.1) is 12.7 Å². The molecule has 3 nitrogen and oxygen atoms in total. The fraction of sp³-hybridized carbons (Fsp3) is 0.222. The maximum absolute atomic E-state index is 11.4. The summed E-state index contributed by atoms with van der Waals surface area (Å²) in [4.78, 5) is 11.4. The minimum atomic E-state index is -0.129. The zero-order valence-corrected chi connectivity index (χ0v) is 9.58. The van der Waals surface area contributed by atoms with E-state index in [0.29, 0.717) is 11.3 Å². The molecule has 0 aliphatic rings. The largest absolute Gasteiger partial charge is 0.496 e. The highest BCUT2D eigenvalue weighted by Crippen LogP contribution is 2.20. The van der Waals surface area contributed by atoms with Gasteiger partial charge in [-0.2, -0.15) is 0 Å². The highest BCUT2D eigenvalue weighted by atomic mass is 127. The van der Waals surface area contributed by atoms with Crippen molar-refractivity contribution in [3.63, 3.8) is 0 Å². The average Bonchev–Trinajstić information content (AvgIpc) is 2.16. The molecule has 0 aromatic heterocycles. The van der Waals surface area contributed by atoms with E-state index >= 15 is 0 Å². The van der Waals surface area contributed by atoms with Gasteiger partial charge >= 0.3 is 0 Å². The summed E-state index contributed by atoms with van der Waals surface area (Å²) in [5.74, 6) is 0.468. The Bertz CT molecular complexity index is 325. The molecule has 0 aliphatic carbocycles. The highest BCUT2D eigenvalue weighted by molar-refractivity contribution is 14.1. The van der Waals surface area contributed by atoms with E-state index in [4.69, 9.17) is 4.74 Å². The Hall–Kier alpha value is -0.780. The number of hydrogen-bond acceptors (Lipinski definition) is 2. The van der Waals surface area contributed by atoms with E-state index in [-0.39, 0.29) is 5.91 Å². The first-order valence-corrected chi connectivity index (χ1v) is 4.82. The Balaban J connectivity index is 3.15. The Morgan fingerprint density at radius 2 is 2.23 bits per heavy atom. The van der Waals surface area contributed by atoms with Crippen molar-refractivity contribution in [2.24, 2.45) is 0 Å². The standard InChI is InChI=1S/C9H10INO2/c1-11-9(12)7-5-6(10)3-4-8(7)13-2/h3-5H,1-2H3,(H,11,12). The predicted octanol–water partition coefficient (Wildman–Crippen LogP) is 1.66. The van der Waals surface area contributed by atoms with Crippen molar-refractivity contribution in [3.05, 3.63) is 27.3 Å². The Labute approximate surface area is 90.6 Å². The van der Waals surface area contributed by atoms with Crippen LogP contribution in [0.5, 0.6) is 5.75 Å². The van der Waals surface area contributed by atoms with Crippen LogP contribution in [0.4, 0.5) is 0 Å². The first-order chi connectivity index (χ1) is 6.19. The zero-order valence-electron chi connectivity index (χ0n) is 7.43. The molecule has 0 fully saturated rings. The topological polar surface area (TPSA) is 38.3 Å². The third-order valence-electron chi connectivity index (χ3n) is 1.63. The number of hydrogen-bond donors (Lipinski definition) is 1. The highest BCUT2D eigenvalue weighted by Gasteiger charge is 2.10. The molecular weight excluding hydrogens is 281 g/mol. The second-order valence-electron chi connectivity index (χ2n) is 2.42. The fourth-order valence-electron chi connectivity index (χ4n) is 0.992. The maximum Gasteiger partial charge on any atom is 0.254 e. The number of rotatable bonds is 2. The molecule has 1 amide bonds. The van der Waals surface area contributed by atoms with Crippen molar-refractivity contribution < 1.29 is 9.53 Å². The molecule has 0 saturated carbocycles. The van der Waals surface area contributed by atoms with Gasteiger partial charge in [0.25, 0.3) is 5.91 Å². The molecule has 4 heteroatoms. The molecule has 1 rings (SSSR count). The lowest BCUT2D eigenvalue weighted by atomic mass is 10.2. The van der Waals surface area contributed by atoms with Crippen LogP contribution >= 0.6 is 22.6 Å². The summed E-state index contributed by atoms with van der Waals surface area (Å²) in [5, 5.41) is 2.56. The predicted molar refractivity (Wildman–Crippen MR) is 59.1 cm³/mol. The van der Waals surface area contributed by atoms with Gasteiger partial charge in [0.1, 0.15) is 5.75 Å². The van der Waals surface area contributed by atoms with Gasteiger partial charge in [-0.3, -0.25) is 4.79 Å². The molecule has 1 aromatic rings. The average molecular weight is 291 g/mol. The monoisotopic (exact) mass is 291 g/mol. The molecule has 70 valence electrons. The lowest BCUT2D eigenvalue weighted by Gasteiger charge is -2.06. The number of amides is 1. The van der Waals surface area contributed by atoms with Gasteiger partial charge in [0.2, 0.25) is 0 Å². The van der Waals surface area contributed by atoms with Crippen LogP contribution in [0.15, 0.2) is 18.2 Å². The summed E-state index contributed by atoms with van der Waals surface area (Å²) in [6.07, 6.45) is 0. The van der Waals surface area contributed by atoms with Crippen molar-refractivity contribution in [2.75, 3.05) is 14.2 Å².